The van der Waals surface area contributed by atoms with Gasteiger partial charge in [-0.2, -0.15) is 0 Å². The number of rotatable bonds is 2. The van der Waals surface area contributed by atoms with E-state index in [1.54, 1.807) is 0 Å². The fourth-order valence-electron chi connectivity index (χ4n) is 2.24. The van der Waals surface area contributed by atoms with Crippen molar-refractivity contribution in [2.75, 3.05) is 0 Å². The van der Waals surface area contributed by atoms with Crippen LogP contribution in [0.15, 0.2) is 60.9 Å². The topological polar surface area (TPSA) is 38.9 Å². The molecule has 88 valence electrons. The number of nitrogens with zero attached hydrogens (tertiary/aromatic N) is 1. The van der Waals surface area contributed by atoms with Gasteiger partial charge in [0.25, 0.3) is 0 Å². The maximum atomic E-state index is 5.70. The Bertz CT molecular complexity index is 684. The molecular weight excluding hydrogens is 220 g/mol. The minimum Gasteiger partial charge on any atom is -0.326 e. The van der Waals surface area contributed by atoms with Gasteiger partial charge in [0.15, 0.2) is 0 Å². The number of fused-ring (bicyclic) bond motifs is 1. The standard InChI is InChI=1S/C16H14N2/c17-10-12-3-1-4-13(9-12)15-6-2-5-14-11-18-8-7-16(14)15/h1-9,11H,10,17H2. The van der Waals surface area contributed by atoms with E-state index in [2.05, 4.69) is 53.5 Å². The summed E-state index contributed by atoms with van der Waals surface area (Å²) in [5, 5.41) is 2.38. The Balaban J connectivity index is 2.24. The highest BCUT2D eigenvalue weighted by molar-refractivity contribution is 5.96. The lowest BCUT2D eigenvalue weighted by molar-refractivity contribution is 1.07. The monoisotopic (exact) mass is 234 g/mol. The fraction of sp³-hybridized carbons (Fsp3) is 0.0625. The molecule has 0 bridgehead atoms. The highest BCUT2D eigenvalue weighted by Gasteiger charge is 2.03. The van der Waals surface area contributed by atoms with Gasteiger partial charge in [-0.25, -0.2) is 0 Å². The lowest BCUT2D eigenvalue weighted by atomic mass is 9.98. The summed E-state index contributed by atoms with van der Waals surface area (Å²) in [4.78, 5) is 4.16. The van der Waals surface area contributed by atoms with Crippen molar-refractivity contribution in [1.29, 1.82) is 0 Å². The first-order chi connectivity index (χ1) is 8.88. The van der Waals surface area contributed by atoms with Gasteiger partial charge in [0, 0.05) is 24.3 Å². The lowest BCUT2D eigenvalue weighted by Crippen LogP contribution is -1.95. The van der Waals surface area contributed by atoms with E-state index in [-0.39, 0.29) is 0 Å². The third-order valence-corrected chi connectivity index (χ3v) is 3.15. The van der Waals surface area contributed by atoms with Gasteiger partial charge in [0.05, 0.1) is 0 Å². The number of nitrogens with two attached hydrogens (primary N) is 1. The molecule has 0 atom stereocenters. The molecule has 18 heavy (non-hydrogen) atoms. The molecule has 0 radical (unpaired) electrons. The Labute approximate surface area is 106 Å². The quantitative estimate of drug-likeness (QED) is 0.738. The van der Waals surface area contributed by atoms with Crippen LogP contribution in [0.1, 0.15) is 5.56 Å². The molecule has 1 aromatic heterocycles. The van der Waals surface area contributed by atoms with Crippen LogP contribution >= 0.6 is 0 Å². The average Bonchev–Trinajstić information content (AvgIpc) is 2.47. The van der Waals surface area contributed by atoms with Crippen molar-refractivity contribution in [3.8, 4) is 11.1 Å². The van der Waals surface area contributed by atoms with Gasteiger partial charge >= 0.3 is 0 Å². The van der Waals surface area contributed by atoms with Gasteiger partial charge < -0.3 is 5.73 Å². The van der Waals surface area contributed by atoms with E-state index < -0.39 is 0 Å². The molecule has 2 nitrogen and oxygen atoms in total. The van der Waals surface area contributed by atoms with Crippen molar-refractivity contribution >= 4 is 10.8 Å². The van der Waals surface area contributed by atoms with Crippen LogP contribution < -0.4 is 5.73 Å². The molecule has 2 aromatic carbocycles. The highest BCUT2D eigenvalue weighted by Crippen LogP contribution is 2.28. The normalized spacial score (nSPS) is 10.7. The molecule has 0 amide bonds. The van der Waals surface area contributed by atoms with Gasteiger partial charge in [-0.15, -0.1) is 0 Å². The predicted molar refractivity (Wildman–Crippen MR) is 75.1 cm³/mol. The molecule has 0 saturated heterocycles. The van der Waals surface area contributed by atoms with E-state index >= 15 is 0 Å². The smallest absolute Gasteiger partial charge is 0.0346 e. The van der Waals surface area contributed by atoms with Crippen molar-refractivity contribution in [3.63, 3.8) is 0 Å². The first-order valence-corrected chi connectivity index (χ1v) is 6.00. The Kier molecular flexibility index (Phi) is 2.79. The second kappa shape index (κ2) is 4.59. The maximum absolute atomic E-state index is 5.70. The summed E-state index contributed by atoms with van der Waals surface area (Å²) in [6, 6.07) is 16.7. The number of hydrogen-bond acceptors (Lipinski definition) is 2. The van der Waals surface area contributed by atoms with Crippen LogP contribution in [-0.2, 0) is 6.54 Å². The van der Waals surface area contributed by atoms with Crippen molar-refractivity contribution in [2.45, 2.75) is 6.54 Å². The summed E-state index contributed by atoms with van der Waals surface area (Å²) < 4.78 is 0. The first-order valence-electron chi connectivity index (χ1n) is 6.00. The summed E-state index contributed by atoms with van der Waals surface area (Å²) >= 11 is 0. The molecule has 0 aliphatic heterocycles. The molecule has 0 aliphatic rings. The van der Waals surface area contributed by atoms with Crippen LogP contribution in [-0.4, -0.2) is 4.98 Å². The SMILES string of the molecule is NCc1cccc(-c2cccc3cnccc23)c1. The van der Waals surface area contributed by atoms with E-state index in [1.165, 1.54) is 16.5 Å². The van der Waals surface area contributed by atoms with Crippen molar-refractivity contribution in [3.05, 3.63) is 66.5 Å². The average molecular weight is 234 g/mol. The Hall–Kier alpha value is -2.19. The number of hydrogen-bond donors (Lipinski definition) is 1. The Morgan fingerprint density at radius 2 is 1.89 bits per heavy atom. The molecule has 0 aliphatic carbocycles. The van der Waals surface area contributed by atoms with E-state index in [9.17, 15) is 0 Å². The van der Waals surface area contributed by atoms with E-state index in [1.807, 2.05) is 12.4 Å². The second-order valence-electron chi connectivity index (χ2n) is 4.31. The molecular formula is C16H14N2. The molecule has 0 spiro atoms. The molecule has 2 N–H and O–H groups in total. The van der Waals surface area contributed by atoms with Gasteiger partial charge in [-0.05, 0) is 34.2 Å². The number of benzene rings is 2. The minimum atomic E-state index is 0.570. The van der Waals surface area contributed by atoms with E-state index in [0.29, 0.717) is 6.54 Å². The lowest BCUT2D eigenvalue weighted by Gasteiger charge is -2.07. The molecule has 0 saturated carbocycles. The molecule has 3 rings (SSSR count). The van der Waals surface area contributed by atoms with Gasteiger partial charge in [0.2, 0.25) is 0 Å². The minimum absolute atomic E-state index is 0.570. The van der Waals surface area contributed by atoms with Gasteiger partial charge in [0.1, 0.15) is 0 Å². The third kappa shape index (κ3) is 1.87. The fourth-order valence-corrected chi connectivity index (χ4v) is 2.24. The summed E-state index contributed by atoms with van der Waals surface area (Å²) in [7, 11) is 0. The zero-order valence-electron chi connectivity index (χ0n) is 10.0. The highest BCUT2D eigenvalue weighted by atomic mass is 14.6. The predicted octanol–water partition coefficient (Wildman–Crippen LogP) is 3.36. The Morgan fingerprint density at radius 3 is 2.78 bits per heavy atom. The van der Waals surface area contributed by atoms with Gasteiger partial charge in [-0.1, -0.05) is 36.4 Å². The molecule has 1 heterocycles. The molecule has 3 aromatic rings. The van der Waals surface area contributed by atoms with Crippen LogP contribution in [0.2, 0.25) is 0 Å². The summed E-state index contributed by atoms with van der Waals surface area (Å²) in [5.74, 6) is 0. The van der Waals surface area contributed by atoms with Crippen molar-refractivity contribution < 1.29 is 0 Å². The van der Waals surface area contributed by atoms with Crippen LogP contribution in [0, 0.1) is 0 Å². The number of pyridine rings is 1. The van der Waals surface area contributed by atoms with E-state index in [4.69, 9.17) is 5.73 Å². The summed E-state index contributed by atoms with van der Waals surface area (Å²) in [6.45, 7) is 0.570. The van der Waals surface area contributed by atoms with Crippen molar-refractivity contribution in [2.24, 2.45) is 5.73 Å². The zero-order chi connectivity index (χ0) is 12.4. The van der Waals surface area contributed by atoms with Gasteiger partial charge in [-0.3, -0.25) is 4.98 Å². The second-order valence-corrected chi connectivity index (χ2v) is 4.31. The maximum Gasteiger partial charge on any atom is 0.0346 e. The largest absolute Gasteiger partial charge is 0.326 e. The van der Waals surface area contributed by atoms with Crippen LogP contribution in [0.5, 0.6) is 0 Å². The van der Waals surface area contributed by atoms with Crippen LogP contribution in [0.25, 0.3) is 21.9 Å². The Morgan fingerprint density at radius 1 is 1.00 bits per heavy atom. The molecule has 0 unspecified atom stereocenters. The van der Waals surface area contributed by atoms with Crippen molar-refractivity contribution in [1.82, 2.24) is 4.98 Å². The molecule has 2 heteroatoms. The first kappa shape index (κ1) is 10.9. The zero-order valence-corrected chi connectivity index (χ0v) is 10.0. The van der Waals surface area contributed by atoms with Crippen LogP contribution in [0.4, 0.5) is 0 Å². The van der Waals surface area contributed by atoms with E-state index in [0.717, 1.165) is 10.9 Å². The van der Waals surface area contributed by atoms with Crippen LogP contribution in [0.3, 0.4) is 0 Å². The molecule has 0 fully saturated rings. The third-order valence-electron chi connectivity index (χ3n) is 3.15. The number of aromatic nitrogens is 1. The summed E-state index contributed by atoms with van der Waals surface area (Å²) in [6.07, 6.45) is 3.73. The summed E-state index contributed by atoms with van der Waals surface area (Å²) in [5.41, 5.74) is 9.28.